The third-order valence-electron chi connectivity index (χ3n) is 2.92. The van der Waals surface area contributed by atoms with Crippen LogP contribution in [0.2, 0.25) is 0 Å². The zero-order chi connectivity index (χ0) is 14.4. The molecule has 0 aliphatic heterocycles. The normalized spacial score (nSPS) is 12.1. The van der Waals surface area contributed by atoms with Crippen LogP contribution in [0.15, 0.2) is 54.6 Å². The molecule has 0 saturated carbocycles. The van der Waals surface area contributed by atoms with Gasteiger partial charge in [-0.25, -0.2) is 0 Å². The van der Waals surface area contributed by atoms with Gasteiger partial charge in [0.05, 0.1) is 0 Å². The van der Waals surface area contributed by atoms with E-state index < -0.39 is 6.10 Å². The Balaban J connectivity index is 2.19. The Morgan fingerprint density at radius 1 is 1.15 bits per heavy atom. The summed E-state index contributed by atoms with van der Waals surface area (Å²) in [5.41, 5.74) is 1.82. The fraction of sp³-hybridized carbons (Fsp3) is 0.176. The summed E-state index contributed by atoms with van der Waals surface area (Å²) in [5, 5.41) is 9.94. The van der Waals surface area contributed by atoms with E-state index in [0.717, 1.165) is 0 Å². The Morgan fingerprint density at radius 3 is 2.55 bits per heavy atom. The summed E-state index contributed by atoms with van der Waals surface area (Å²) < 4.78 is 5.07. The van der Waals surface area contributed by atoms with Crippen molar-refractivity contribution >= 4 is 5.78 Å². The van der Waals surface area contributed by atoms with Crippen LogP contribution in [0.4, 0.5) is 0 Å². The van der Waals surface area contributed by atoms with Crippen molar-refractivity contribution in [2.45, 2.75) is 13.0 Å². The molecule has 0 amide bonds. The second-order valence-electron chi connectivity index (χ2n) is 4.36. The highest BCUT2D eigenvalue weighted by atomic mass is 16.5. The van der Waals surface area contributed by atoms with Gasteiger partial charge in [0, 0.05) is 17.7 Å². The van der Waals surface area contributed by atoms with Crippen LogP contribution in [-0.2, 0) is 4.74 Å². The van der Waals surface area contributed by atoms with E-state index in [2.05, 4.69) is 0 Å². The van der Waals surface area contributed by atoms with Gasteiger partial charge in [-0.05, 0) is 18.6 Å². The fourth-order valence-electron chi connectivity index (χ4n) is 1.89. The van der Waals surface area contributed by atoms with E-state index in [1.165, 1.54) is 6.61 Å². The van der Waals surface area contributed by atoms with Crippen molar-refractivity contribution in [2.24, 2.45) is 0 Å². The smallest absolute Gasteiger partial charge is 0.193 e. The molecule has 0 aliphatic rings. The van der Waals surface area contributed by atoms with Crippen LogP contribution < -0.4 is 0 Å². The lowest BCUT2D eigenvalue weighted by molar-refractivity contribution is 0.0976. The number of rotatable bonds is 6. The quantitative estimate of drug-likeness (QED) is 0.819. The highest BCUT2D eigenvalue weighted by Gasteiger charge is 2.13. The first-order valence-electron chi connectivity index (χ1n) is 6.55. The zero-order valence-electron chi connectivity index (χ0n) is 11.3. The van der Waals surface area contributed by atoms with Gasteiger partial charge in [0.2, 0.25) is 0 Å². The predicted molar refractivity (Wildman–Crippen MR) is 77.2 cm³/mol. The summed E-state index contributed by atoms with van der Waals surface area (Å²) in [6.45, 7) is 3.71. The van der Waals surface area contributed by atoms with Gasteiger partial charge in [0.15, 0.2) is 5.78 Å². The molecule has 3 heteroatoms. The number of hydrogen-bond acceptors (Lipinski definition) is 3. The third-order valence-corrected chi connectivity index (χ3v) is 2.92. The number of benzene rings is 2. The number of aliphatic hydroxyl groups excluding tert-OH is 1. The molecule has 0 fully saturated rings. The first kappa shape index (κ1) is 14.4. The molecule has 1 unspecified atom stereocenters. The molecular weight excluding hydrogens is 252 g/mol. The third kappa shape index (κ3) is 3.53. The lowest BCUT2D eigenvalue weighted by atomic mass is 10.00. The first-order chi connectivity index (χ1) is 9.72. The van der Waals surface area contributed by atoms with Gasteiger partial charge in [0.1, 0.15) is 12.7 Å². The van der Waals surface area contributed by atoms with Crippen molar-refractivity contribution in [3.05, 3.63) is 77.9 Å². The average Bonchev–Trinajstić information content (AvgIpc) is 2.52. The molecule has 103 valence electrons. The van der Waals surface area contributed by atoms with Crippen LogP contribution in [0.1, 0.15) is 34.5 Å². The lowest BCUT2D eigenvalue weighted by Crippen LogP contribution is -2.05. The second kappa shape index (κ2) is 6.98. The molecule has 1 N–H and O–H groups in total. The van der Waals surface area contributed by atoms with Gasteiger partial charge in [0.25, 0.3) is 0 Å². The summed E-state index contributed by atoms with van der Waals surface area (Å²) in [6, 6.07) is 16.0. The van der Waals surface area contributed by atoms with Crippen molar-refractivity contribution in [1.29, 1.82) is 0 Å². The molecule has 1 atom stereocenters. The van der Waals surface area contributed by atoms with Crippen molar-refractivity contribution in [3.63, 3.8) is 0 Å². The monoisotopic (exact) mass is 269 g/mol. The van der Waals surface area contributed by atoms with E-state index in [9.17, 15) is 9.90 Å². The maximum Gasteiger partial charge on any atom is 0.193 e. The minimum atomic E-state index is -0.835. The summed E-state index contributed by atoms with van der Waals surface area (Å²) in [7, 11) is 0. The Kier molecular flexibility index (Phi) is 5.04. The number of carbonyl (C=O) groups is 1. The van der Waals surface area contributed by atoms with Gasteiger partial charge in [-0.1, -0.05) is 48.5 Å². The highest BCUT2D eigenvalue weighted by Crippen LogP contribution is 2.19. The summed E-state index contributed by atoms with van der Waals surface area (Å²) in [5.74, 6) is -0.0592. The molecule has 0 bridgehead atoms. The van der Waals surface area contributed by atoms with E-state index >= 15 is 0 Å². The molecule has 0 heterocycles. The first-order valence-corrected chi connectivity index (χ1v) is 6.55. The van der Waals surface area contributed by atoms with E-state index in [4.69, 9.17) is 4.74 Å². The number of carbonyl (C=O) groups excluding carboxylic acids is 1. The van der Waals surface area contributed by atoms with Gasteiger partial charge >= 0.3 is 0 Å². The van der Waals surface area contributed by atoms with Gasteiger partial charge in [-0.15, -0.1) is 0 Å². The van der Waals surface area contributed by atoms with E-state index in [0.29, 0.717) is 23.3 Å². The van der Waals surface area contributed by atoms with Crippen molar-refractivity contribution in [3.8, 4) is 0 Å². The highest BCUT2D eigenvalue weighted by molar-refractivity contribution is 6.09. The maximum atomic E-state index is 12.3. The van der Waals surface area contributed by atoms with Crippen LogP contribution in [0, 0.1) is 6.61 Å². The summed E-state index contributed by atoms with van der Waals surface area (Å²) in [4.78, 5) is 12.3. The van der Waals surface area contributed by atoms with Crippen LogP contribution in [-0.4, -0.2) is 17.5 Å². The predicted octanol–water partition coefficient (Wildman–Crippen LogP) is 3.15. The van der Waals surface area contributed by atoms with E-state index in [-0.39, 0.29) is 5.78 Å². The number of hydrogen-bond donors (Lipinski definition) is 1. The maximum absolute atomic E-state index is 12.3. The SMILES string of the molecule is CCO[CH]C(O)c1cccc(C(=O)c2ccccc2)c1. The number of ketones is 1. The molecular formula is C17H17O3. The van der Waals surface area contributed by atoms with Crippen LogP contribution in [0.3, 0.4) is 0 Å². The van der Waals surface area contributed by atoms with Gasteiger partial charge in [-0.3, -0.25) is 4.79 Å². The Hall–Kier alpha value is -1.97. The zero-order valence-corrected chi connectivity index (χ0v) is 11.3. The van der Waals surface area contributed by atoms with Gasteiger partial charge in [-0.2, -0.15) is 0 Å². The van der Waals surface area contributed by atoms with Crippen molar-refractivity contribution in [1.82, 2.24) is 0 Å². The molecule has 0 saturated heterocycles. The molecule has 0 aromatic heterocycles. The summed E-state index contributed by atoms with van der Waals surface area (Å²) >= 11 is 0. The Labute approximate surface area is 118 Å². The largest absolute Gasteiger partial charge is 0.386 e. The topological polar surface area (TPSA) is 46.5 Å². The average molecular weight is 269 g/mol. The lowest BCUT2D eigenvalue weighted by Gasteiger charge is -2.11. The van der Waals surface area contributed by atoms with Crippen LogP contribution >= 0.6 is 0 Å². The summed E-state index contributed by atoms with van der Waals surface area (Å²) in [6.07, 6.45) is -0.835. The molecule has 1 radical (unpaired) electrons. The number of aliphatic hydroxyl groups is 1. The van der Waals surface area contributed by atoms with Crippen LogP contribution in [0.5, 0.6) is 0 Å². The van der Waals surface area contributed by atoms with Crippen LogP contribution in [0.25, 0.3) is 0 Å². The minimum Gasteiger partial charge on any atom is -0.386 e. The molecule has 2 aromatic rings. The molecule has 20 heavy (non-hydrogen) atoms. The molecule has 2 rings (SSSR count). The standard InChI is InChI=1S/C17H17O3/c1-2-20-12-16(18)14-9-6-10-15(11-14)17(19)13-7-4-3-5-8-13/h3-12,16,18H,2H2,1H3. The number of ether oxygens (including phenoxy) is 1. The molecule has 3 nitrogen and oxygen atoms in total. The Morgan fingerprint density at radius 2 is 1.85 bits per heavy atom. The van der Waals surface area contributed by atoms with Crippen molar-refractivity contribution < 1.29 is 14.6 Å². The van der Waals surface area contributed by atoms with Crippen molar-refractivity contribution in [2.75, 3.05) is 6.61 Å². The second-order valence-corrected chi connectivity index (χ2v) is 4.36. The molecule has 0 spiro atoms. The van der Waals surface area contributed by atoms with E-state index in [1.807, 2.05) is 25.1 Å². The fourth-order valence-corrected chi connectivity index (χ4v) is 1.89. The minimum absolute atomic E-state index is 0.0592. The molecule has 2 aromatic carbocycles. The van der Waals surface area contributed by atoms with Gasteiger partial charge < -0.3 is 9.84 Å². The van der Waals surface area contributed by atoms with E-state index in [1.54, 1.807) is 36.4 Å². The molecule has 0 aliphatic carbocycles. The Bertz CT molecular complexity index is 563.